The van der Waals surface area contributed by atoms with Gasteiger partial charge in [0, 0.05) is 44.5 Å². The van der Waals surface area contributed by atoms with Crippen LogP contribution in [0.25, 0.3) is 0 Å². The summed E-state index contributed by atoms with van der Waals surface area (Å²) < 4.78 is 18.6. The molecule has 12 heteroatoms. The van der Waals surface area contributed by atoms with E-state index in [0.717, 1.165) is 18.8 Å². The number of hydrogen-bond acceptors (Lipinski definition) is 9. The predicted octanol–water partition coefficient (Wildman–Crippen LogP) is 4.83. The number of likely N-dealkylation sites (tertiary alicyclic amines) is 1. The van der Waals surface area contributed by atoms with Crippen LogP contribution in [-0.4, -0.2) is 103 Å². The van der Waals surface area contributed by atoms with Gasteiger partial charge in [-0.2, -0.15) is 0 Å². The van der Waals surface area contributed by atoms with Crippen LogP contribution in [0.1, 0.15) is 65.0 Å². The van der Waals surface area contributed by atoms with Crippen molar-refractivity contribution in [2.24, 2.45) is 17.8 Å². The summed E-state index contributed by atoms with van der Waals surface area (Å²) in [4.78, 5) is 62.9. The van der Waals surface area contributed by atoms with Crippen molar-refractivity contribution in [2.75, 3.05) is 49.8 Å². The zero-order chi connectivity index (χ0) is 39.9. The molecular weight excluding hydrogens is 700 g/mol. The average molecular weight is 759 g/mol. The van der Waals surface area contributed by atoms with E-state index in [2.05, 4.69) is 37.2 Å². The van der Waals surface area contributed by atoms with Crippen LogP contribution in [-0.2, 0) is 33.4 Å². The third-order valence-corrected chi connectivity index (χ3v) is 11.4. The van der Waals surface area contributed by atoms with Crippen LogP contribution >= 0.6 is 0 Å². The second-order valence-electron chi connectivity index (χ2n) is 14.9. The number of nitrogens with zero attached hydrogens (tertiary/aromatic N) is 3. The number of amides is 3. The van der Waals surface area contributed by atoms with Gasteiger partial charge in [-0.05, 0) is 68.9 Å². The molecule has 3 heterocycles. The number of esters is 1. The number of carbonyl (C=O) groups is 4. The standard InChI is InChI=1S/C43H58N4O8/c1-8-12-18-35(49)44-32(27-53-7)38(29-16-14-13-15-17-29)54-42(52)36-34-23-24-43(55-34)37(36)40(50)47(33(26-48)28(5)6)39(43)41(51)46(25-9-2)31-21-19-30(20-22-31)45(10-3)11-4/h8-9,13-17,19-22,28,32-34,36-39,48H,1-2,10-12,18,23-27H2,3-7H3,(H,44,49)/t32-,33+,34+,36-,37-,38-,39+,43-/m1/s1. The average Bonchev–Trinajstić information content (AvgIpc) is 3.83. The van der Waals surface area contributed by atoms with Crippen molar-refractivity contribution < 1.29 is 38.5 Å². The van der Waals surface area contributed by atoms with E-state index in [1.807, 2.05) is 68.4 Å². The van der Waals surface area contributed by atoms with Crippen LogP contribution in [0.15, 0.2) is 79.9 Å². The topological polar surface area (TPSA) is 138 Å². The van der Waals surface area contributed by atoms with Gasteiger partial charge in [-0.3, -0.25) is 19.2 Å². The monoisotopic (exact) mass is 758 g/mol. The van der Waals surface area contributed by atoms with E-state index in [-0.39, 0.29) is 43.9 Å². The molecule has 12 nitrogen and oxygen atoms in total. The van der Waals surface area contributed by atoms with E-state index in [4.69, 9.17) is 14.2 Å². The number of hydrogen-bond donors (Lipinski definition) is 2. The van der Waals surface area contributed by atoms with Gasteiger partial charge < -0.3 is 39.3 Å². The molecule has 2 N–H and O–H groups in total. The maximum absolute atomic E-state index is 15.1. The van der Waals surface area contributed by atoms with Gasteiger partial charge in [0.15, 0.2) is 0 Å². The number of rotatable bonds is 20. The first-order chi connectivity index (χ1) is 26.5. The fraction of sp³-hybridized carbons (Fsp3) is 0.535. The van der Waals surface area contributed by atoms with Gasteiger partial charge in [0.05, 0.1) is 43.2 Å². The lowest BCUT2D eigenvalue weighted by Gasteiger charge is -2.40. The van der Waals surface area contributed by atoms with Crippen molar-refractivity contribution in [1.29, 1.82) is 0 Å². The maximum Gasteiger partial charge on any atom is 0.313 e. The molecular formula is C43H58N4O8. The highest BCUT2D eigenvalue weighted by Crippen LogP contribution is 2.59. The Morgan fingerprint density at radius 2 is 1.73 bits per heavy atom. The Morgan fingerprint density at radius 3 is 2.31 bits per heavy atom. The quantitative estimate of drug-likeness (QED) is 0.144. The van der Waals surface area contributed by atoms with Gasteiger partial charge in [-0.25, -0.2) is 0 Å². The molecule has 0 saturated carbocycles. The SMILES string of the molecule is C=CCCC(=O)N[C@H](COC)[C@H](OC(=O)[C@@H]1[C@@H]2CC[C@]3(O2)[C@H](C(=O)N(CC=C)c2ccc(N(CC)CC)cc2)N([C@@H](CO)C(C)C)C(=O)[C@@H]13)c1ccccc1. The summed E-state index contributed by atoms with van der Waals surface area (Å²) in [7, 11) is 1.50. The molecule has 3 amide bonds. The number of carbonyl (C=O) groups excluding carboxylic acids is 4. The van der Waals surface area contributed by atoms with Gasteiger partial charge in [0.25, 0.3) is 5.91 Å². The van der Waals surface area contributed by atoms with E-state index in [9.17, 15) is 19.5 Å². The maximum atomic E-state index is 15.1. The molecule has 0 aliphatic carbocycles. The molecule has 2 bridgehead atoms. The highest BCUT2D eigenvalue weighted by atomic mass is 16.6. The van der Waals surface area contributed by atoms with Crippen molar-refractivity contribution in [1.82, 2.24) is 10.2 Å². The number of methoxy groups -OCH3 is 1. The van der Waals surface area contributed by atoms with Gasteiger partial charge >= 0.3 is 5.97 Å². The molecule has 2 aromatic carbocycles. The van der Waals surface area contributed by atoms with Gasteiger partial charge in [0.1, 0.15) is 17.7 Å². The zero-order valence-corrected chi connectivity index (χ0v) is 32.9. The Hall–Kier alpha value is -4.52. The highest BCUT2D eigenvalue weighted by Gasteiger charge is 2.76. The second-order valence-corrected chi connectivity index (χ2v) is 14.9. The third kappa shape index (κ3) is 8.22. The van der Waals surface area contributed by atoms with Crippen LogP contribution in [0, 0.1) is 17.8 Å². The molecule has 298 valence electrons. The number of ether oxygens (including phenoxy) is 3. The Bertz CT molecular complexity index is 1660. The molecule has 0 aromatic heterocycles. The number of nitrogens with one attached hydrogen (secondary N) is 1. The number of anilines is 2. The van der Waals surface area contributed by atoms with E-state index in [1.54, 1.807) is 17.1 Å². The van der Waals surface area contributed by atoms with Crippen molar-refractivity contribution in [3.63, 3.8) is 0 Å². The predicted molar refractivity (Wildman–Crippen MR) is 211 cm³/mol. The van der Waals surface area contributed by atoms with Crippen LogP contribution in [0.2, 0.25) is 0 Å². The lowest BCUT2D eigenvalue weighted by molar-refractivity contribution is -0.163. The minimum Gasteiger partial charge on any atom is -0.455 e. The highest BCUT2D eigenvalue weighted by molar-refractivity contribution is 6.05. The molecule has 3 fully saturated rings. The fourth-order valence-electron chi connectivity index (χ4n) is 8.77. The first kappa shape index (κ1) is 41.6. The largest absolute Gasteiger partial charge is 0.455 e. The smallest absolute Gasteiger partial charge is 0.313 e. The van der Waals surface area contributed by atoms with Crippen molar-refractivity contribution in [3.8, 4) is 0 Å². The van der Waals surface area contributed by atoms with Crippen LogP contribution in [0.4, 0.5) is 11.4 Å². The number of aliphatic hydroxyl groups excluding tert-OH is 1. The Kier molecular flexibility index (Phi) is 13.9. The summed E-state index contributed by atoms with van der Waals surface area (Å²) in [5, 5.41) is 13.7. The molecule has 1 spiro atoms. The molecule has 3 aliphatic heterocycles. The lowest BCUT2D eigenvalue weighted by Crippen LogP contribution is -2.59. The van der Waals surface area contributed by atoms with Crippen LogP contribution in [0.5, 0.6) is 0 Å². The van der Waals surface area contributed by atoms with E-state index >= 15 is 4.79 Å². The molecule has 2 aromatic rings. The van der Waals surface area contributed by atoms with E-state index in [1.165, 1.54) is 12.0 Å². The summed E-state index contributed by atoms with van der Waals surface area (Å²) in [5.74, 6) is -3.98. The summed E-state index contributed by atoms with van der Waals surface area (Å²) >= 11 is 0. The number of fused-ring (bicyclic) bond motifs is 1. The van der Waals surface area contributed by atoms with Crippen molar-refractivity contribution >= 4 is 35.1 Å². The number of allylic oxidation sites excluding steroid dienone is 1. The van der Waals surface area contributed by atoms with Crippen molar-refractivity contribution in [2.45, 2.75) is 89.3 Å². The summed E-state index contributed by atoms with van der Waals surface area (Å²) in [5.41, 5.74) is 0.957. The summed E-state index contributed by atoms with van der Waals surface area (Å²) in [6.07, 6.45) is 3.15. The molecule has 5 rings (SSSR count). The number of benzene rings is 2. The number of aliphatic hydroxyl groups is 1. The molecule has 3 saturated heterocycles. The van der Waals surface area contributed by atoms with E-state index < -0.39 is 59.6 Å². The minimum atomic E-state index is -1.33. The minimum absolute atomic E-state index is 0.0511. The van der Waals surface area contributed by atoms with Gasteiger partial charge in [-0.15, -0.1) is 13.2 Å². The lowest BCUT2D eigenvalue weighted by atomic mass is 9.70. The molecule has 3 aliphatic rings. The first-order valence-electron chi connectivity index (χ1n) is 19.5. The Balaban J connectivity index is 1.53. The second kappa shape index (κ2) is 18.4. The Morgan fingerprint density at radius 1 is 1.05 bits per heavy atom. The van der Waals surface area contributed by atoms with Crippen LogP contribution in [0.3, 0.4) is 0 Å². The molecule has 0 unspecified atom stereocenters. The Labute approximate surface area is 325 Å². The summed E-state index contributed by atoms with van der Waals surface area (Å²) in [6, 6.07) is 14.2. The zero-order valence-electron chi connectivity index (χ0n) is 32.9. The van der Waals surface area contributed by atoms with E-state index in [0.29, 0.717) is 30.5 Å². The molecule has 0 radical (unpaired) electrons. The molecule has 8 atom stereocenters. The normalized spacial score (nSPS) is 24.2. The van der Waals surface area contributed by atoms with Gasteiger partial charge in [0.2, 0.25) is 11.8 Å². The molecule has 55 heavy (non-hydrogen) atoms. The third-order valence-electron chi connectivity index (χ3n) is 11.4. The fourth-order valence-corrected chi connectivity index (χ4v) is 8.77. The van der Waals surface area contributed by atoms with Crippen molar-refractivity contribution in [3.05, 3.63) is 85.5 Å². The van der Waals surface area contributed by atoms with Crippen LogP contribution < -0.4 is 15.1 Å². The summed E-state index contributed by atoms with van der Waals surface area (Å²) in [6.45, 7) is 17.1. The first-order valence-corrected chi connectivity index (χ1v) is 19.5. The van der Waals surface area contributed by atoms with Gasteiger partial charge in [-0.1, -0.05) is 56.3 Å².